The van der Waals surface area contributed by atoms with Crippen LogP contribution in [0.25, 0.3) is 0 Å². The highest BCUT2D eigenvalue weighted by molar-refractivity contribution is 5.79. The van der Waals surface area contributed by atoms with Gasteiger partial charge in [0.15, 0.2) is 0 Å². The summed E-state index contributed by atoms with van der Waals surface area (Å²) in [6.45, 7) is 5.12. The second kappa shape index (κ2) is 6.54. The van der Waals surface area contributed by atoms with Crippen LogP contribution in [0.5, 0.6) is 5.88 Å². The molecule has 0 saturated carbocycles. The van der Waals surface area contributed by atoms with Gasteiger partial charge in [0.05, 0.1) is 13.7 Å². The van der Waals surface area contributed by atoms with E-state index < -0.39 is 0 Å². The number of ether oxygens (including phenoxy) is 2. The van der Waals surface area contributed by atoms with Crippen molar-refractivity contribution in [2.45, 2.75) is 39.2 Å². The van der Waals surface area contributed by atoms with Crippen LogP contribution in [-0.2, 0) is 9.53 Å². The molecule has 2 rings (SSSR count). The Morgan fingerprint density at radius 1 is 1.45 bits per heavy atom. The number of carbonyl (C=O) groups excluding carboxylic acids is 1. The summed E-state index contributed by atoms with van der Waals surface area (Å²) in [5, 5.41) is 0. The molecule has 1 saturated heterocycles. The van der Waals surface area contributed by atoms with Crippen molar-refractivity contribution in [3.8, 4) is 5.88 Å². The first-order valence-corrected chi connectivity index (χ1v) is 6.98. The maximum Gasteiger partial charge on any atom is 0.328 e. The lowest BCUT2D eigenvalue weighted by Crippen LogP contribution is -2.46. The summed E-state index contributed by atoms with van der Waals surface area (Å²) in [6.07, 6.45) is 2.81. The smallest absolute Gasteiger partial charge is 0.328 e. The lowest BCUT2D eigenvalue weighted by atomic mass is 10.0. The number of anilines is 1. The van der Waals surface area contributed by atoms with Gasteiger partial charge in [-0.15, -0.1) is 0 Å². The van der Waals surface area contributed by atoms with Crippen molar-refractivity contribution in [2.24, 2.45) is 0 Å². The van der Waals surface area contributed by atoms with E-state index in [1.165, 1.54) is 7.11 Å². The van der Waals surface area contributed by atoms with Gasteiger partial charge in [0.25, 0.3) is 0 Å². The molecule has 0 amide bonds. The Balaban J connectivity index is 2.29. The molecule has 1 aliphatic rings. The Morgan fingerprint density at radius 3 is 2.95 bits per heavy atom. The molecule has 0 N–H and O–H groups in total. The highest BCUT2D eigenvalue weighted by atomic mass is 16.5. The van der Waals surface area contributed by atoms with E-state index in [-0.39, 0.29) is 12.0 Å². The molecule has 0 bridgehead atoms. The van der Waals surface area contributed by atoms with Gasteiger partial charge in [-0.1, -0.05) is 0 Å². The molecule has 6 nitrogen and oxygen atoms in total. The summed E-state index contributed by atoms with van der Waals surface area (Å²) >= 11 is 0. The van der Waals surface area contributed by atoms with Gasteiger partial charge >= 0.3 is 5.97 Å². The predicted octanol–water partition coefficient (Wildman–Crippen LogP) is 1.72. The number of esters is 1. The summed E-state index contributed by atoms with van der Waals surface area (Å²) in [6, 6.07) is 1.49. The van der Waals surface area contributed by atoms with Crippen molar-refractivity contribution < 1.29 is 14.3 Å². The molecule has 1 atom stereocenters. The minimum absolute atomic E-state index is 0.229. The van der Waals surface area contributed by atoms with E-state index in [2.05, 4.69) is 9.97 Å². The monoisotopic (exact) mass is 279 g/mol. The van der Waals surface area contributed by atoms with Crippen LogP contribution in [0.3, 0.4) is 0 Å². The Morgan fingerprint density at radius 2 is 2.25 bits per heavy atom. The highest BCUT2D eigenvalue weighted by Crippen LogP contribution is 2.24. The molecule has 1 aromatic rings. The van der Waals surface area contributed by atoms with Gasteiger partial charge in [-0.3, -0.25) is 0 Å². The standard InChI is InChI=1S/C14H21N3O3/c1-4-20-12-9-10(2)15-14(16-12)17-8-6-5-7-11(17)13(18)19-3/h9,11H,4-8H2,1-3H3. The Bertz CT molecular complexity index is 479. The largest absolute Gasteiger partial charge is 0.478 e. The molecule has 0 spiro atoms. The number of piperidine rings is 1. The molecule has 0 radical (unpaired) electrons. The molecular weight excluding hydrogens is 258 g/mol. The zero-order valence-electron chi connectivity index (χ0n) is 12.3. The van der Waals surface area contributed by atoms with Crippen LogP contribution in [0.15, 0.2) is 6.07 Å². The number of hydrogen-bond donors (Lipinski definition) is 0. The van der Waals surface area contributed by atoms with Crippen LogP contribution in [-0.4, -0.2) is 42.2 Å². The molecule has 1 aromatic heterocycles. The van der Waals surface area contributed by atoms with E-state index in [1.54, 1.807) is 6.07 Å². The average molecular weight is 279 g/mol. The minimum atomic E-state index is -0.301. The quantitative estimate of drug-likeness (QED) is 0.782. The third kappa shape index (κ3) is 3.18. The molecule has 0 aliphatic carbocycles. The van der Waals surface area contributed by atoms with E-state index >= 15 is 0 Å². The number of aryl methyl sites for hydroxylation is 1. The molecule has 1 aliphatic heterocycles. The predicted molar refractivity (Wildman–Crippen MR) is 74.9 cm³/mol. The Hall–Kier alpha value is -1.85. The number of nitrogens with zero attached hydrogens (tertiary/aromatic N) is 3. The molecule has 0 aromatic carbocycles. The van der Waals surface area contributed by atoms with Crippen LogP contribution in [0.2, 0.25) is 0 Å². The summed E-state index contributed by atoms with van der Waals surface area (Å²) in [7, 11) is 1.41. The number of rotatable bonds is 4. The van der Waals surface area contributed by atoms with Crippen molar-refractivity contribution >= 4 is 11.9 Å². The molecule has 110 valence electrons. The maximum absolute atomic E-state index is 11.9. The van der Waals surface area contributed by atoms with Crippen molar-refractivity contribution in [3.63, 3.8) is 0 Å². The SMILES string of the molecule is CCOc1cc(C)nc(N2CCCCC2C(=O)OC)n1. The van der Waals surface area contributed by atoms with Crippen LogP contribution in [0, 0.1) is 6.92 Å². The van der Waals surface area contributed by atoms with Gasteiger partial charge < -0.3 is 14.4 Å². The van der Waals surface area contributed by atoms with E-state index in [1.807, 2.05) is 18.7 Å². The second-order valence-corrected chi connectivity index (χ2v) is 4.81. The van der Waals surface area contributed by atoms with Crippen molar-refractivity contribution in [3.05, 3.63) is 11.8 Å². The molecule has 6 heteroatoms. The molecule has 1 unspecified atom stereocenters. The fraction of sp³-hybridized carbons (Fsp3) is 0.643. The van der Waals surface area contributed by atoms with Crippen LogP contribution < -0.4 is 9.64 Å². The first-order chi connectivity index (χ1) is 9.65. The molecule has 1 fully saturated rings. The molecule has 20 heavy (non-hydrogen) atoms. The fourth-order valence-corrected chi connectivity index (χ4v) is 2.43. The van der Waals surface area contributed by atoms with Gasteiger partial charge in [-0.05, 0) is 33.1 Å². The van der Waals surface area contributed by atoms with Gasteiger partial charge in [0, 0.05) is 18.3 Å². The third-order valence-electron chi connectivity index (χ3n) is 3.34. The highest BCUT2D eigenvalue weighted by Gasteiger charge is 2.31. The Labute approximate surface area is 119 Å². The van der Waals surface area contributed by atoms with Crippen LogP contribution in [0.1, 0.15) is 31.9 Å². The summed E-state index contributed by atoms with van der Waals surface area (Å²) in [4.78, 5) is 22.6. The number of carbonyl (C=O) groups is 1. The summed E-state index contributed by atoms with van der Waals surface area (Å²) in [5.41, 5.74) is 0.827. The van der Waals surface area contributed by atoms with E-state index in [0.29, 0.717) is 18.4 Å². The second-order valence-electron chi connectivity index (χ2n) is 4.81. The first-order valence-electron chi connectivity index (χ1n) is 6.98. The van der Waals surface area contributed by atoms with Gasteiger partial charge in [-0.2, -0.15) is 4.98 Å². The van der Waals surface area contributed by atoms with Crippen molar-refractivity contribution in [1.82, 2.24) is 9.97 Å². The number of hydrogen-bond acceptors (Lipinski definition) is 6. The first kappa shape index (κ1) is 14.6. The third-order valence-corrected chi connectivity index (χ3v) is 3.34. The average Bonchev–Trinajstić information content (AvgIpc) is 2.46. The van der Waals surface area contributed by atoms with Gasteiger partial charge in [0.1, 0.15) is 6.04 Å². The lowest BCUT2D eigenvalue weighted by molar-refractivity contribution is -0.142. The van der Waals surface area contributed by atoms with Gasteiger partial charge in [0.2, 0.25) is 11.8 Å². The van der Waals surface area contributed by atoms with Gasteiger partial charge in [-0.25, -0.2) is 9.78 Å². The minimum Gasteiger partial charge on any atom is -0.478 e. The lowest BCUT2D eigenvalue weighted by Gasteiger charge is -2.33. The molecule has 2 heterocycles. The van der Waals surface area contributed by atoms with Crippen LogP contribution in [0.4, 0.5) is 5.95 Å². The fourth-order valence-electron chi connectivity index (χ4n) is 2.43. The van der Waals surface area contributed by atoms with E-state index in [0.717, 1.165) is 31.5 Å². The van der Waals surface area contributed by atoms with E-state index in [9.17, 15) is 4.79 Å². The zero-order chi connectivity index (χ0) is 14.5. The number of aromatic nitrogens is 2. The number of methoxy groups -OCH3 is 1. The normalized spacial score (nSPS) is 18.8. The Kier molecular flexibility index (Phi) is 4.76. The van der Waals surface area contributed by atoms with Crippen molar-refractivity contribution in [1.29, 1.82) is 0 Å². The van der Waals surface area contributed by atoms with Crippen molar-refractivity contribution in [2.75, 3.05) is 25.2 Å². The topological polar surface area (TPSA) is 64.5 Å². The summed E-state index contributed by atoms with van der Waals surface area (Å²) < 4.78 is 10.3. The summed E-state index contributed by atoms with van der Waals surface area (Å²) in [5.74, 6) is 0.862. The van der Waals surface area contributed by atoms with Crippen LogP contribution >= 0.6 is 0 Å². The molecular formula is C14H21N3O3. The zero-order valence-corrected chi connectivity index (χ0v) is 12.3. The van der Waals surface area contributed by atoms with E-state index in [4.69, 9.17) is 9.47 Å². The maximum atomic E-state index is 11.9.